The van der Waals surface area contributed by atoms with Crippen LogP contribution >= 0.6 is 24.4 Å². The lowest BCUT2D eigenvalue weighted by Crippen LogP contribution is -2.34. The van der Waals surface area contributed by atoms with Crippen LogP contribution in [0.2, 0.25) is 0 Å². The lowest BCUT2D eigenvalue weighted by molar-refractivity contribution is 0.0938. The lowest BCUT2D eigenvalue weighted by Gasteiger charge is -2.21. The van der Waals surface area contributed by atoms with Gasteiger partial charge in [0.25, 0.3) is 5.91 Å². The Kier molecular flexibility index (Phi) is 9.95. The number of carbonyl (C=O) groups excluding carboxylic acids is 1. The van der Waals surface area contributed by atoms with Crippen LogP contribution in [-0.2, 0) is 12.8 Å². The number of likely N-dealkylation sites (tertiary alicyclic amines) is 1. The van der Waals surface area contributed by atoms with Crippen LogP contribution in [-0.4, -0.2) is 60.3 Å². The molecular weight excluding hydrogens is 453 g/mol. The van der Waals surface area contributed by atoms with Gasteiger partial charge >= 0.3 is 0 Å². The molecule has 0 spiro atoms. The number of benzene rings is 2. The number of thioether (sulfide) groups is 1. The van der Waals surface area contributed by atoms with E-state index in [0.29, 0.717) is 16.9 Å². The number of hydrogen-bond acceptors (Lipinski definition) is 5. The number of nitrogens with zero attached hydrogens (tertiary/aromatic N) is 1. The second-order valence-electron chi connectivity index (χ2n) is 9.02. The summed E-state index contributed by atoms with van der Waals surface area (Å²) in [5.74, 6) is 0.752. The number of carbonyl (C=O) groups is 1. The molecule has 1 aliphatic heterocycles. The summed E-state index contributed by atoms with van der Waals surface area (Å²) in [4.78, 5) is 15.5. The first-order valence-electron chi connectivity index (χ1n) is 11.6. The summed E-state index contributed by atoms with van der Waals surface area (Å²) < 4.78 is 13.2. The molecule has 33 heavy (non-hydrogen) atoms. The average molecular weight is 490 g/mol. The molecule has 7 heteroatoms. The number of anilines is 1. The second-order valence-corrected chi connectivity index (χ2v) is 10.7. The third-order valence-corrected chi connectivity index (χ3v) is 7.31. The highest BCUT2D eigenvalue weighted by Gasteiger charge is 2.26. The molecule has 4 nitrogen and oxygen atoms in total. The molecule has 3 atom stereocenters. The fraction of sp³-hybridized carbons (Fsp3) is 0.500. The first-order valence-corrected chi connectivity index (χ1v) is 13.6. The van der Waals surface area contributed by atoms with Crippen molar-refractivity contribution >= 4 is 36.0 Å². The molecular formula is C26H36FN3OS2. The zero-order valence-electron chi connectivity index (χ0n) is 19.8. The molecule has 0 unspecified atom stereocenters. The highest BCUT2D eigenvalue weighted by Crippen LogP contribution is 2.23. The number of thiol groups is 1. The van der Waals surface area contributed by atoms with E-state index in [2.05, 4.69) is 54.5 Å². The second kappa shape index (κ2) is 12.7. The Labute approximate surface area is 207 Å². The van der Waals surface area contributed by atoms with E-state index in [0.717, 1.165) is 61.3 Å². The maximum Gasteiger partial charge on any atom is 0.251 e. The van der Waals surface area contributed by atoms with Crippen LogP contribution < -0.4 is 10.6 Å². The number of amides is 1. The number of likely N-dealkylation sites (N-methyl/N-ethyl adjacent to an activating group) is 1. The van der Waals surface area contributed by atoms with Crippen molar-refractivity contribution in [2.75, 3.05) is 37.5 Å². The van der Waals surface area contributed by atoms with Gasteiger partial charge in [0.1, 0.15) is 5.82 Å². The lowest BCUT2D eigenvalue weighted by atomic mass is 9.98. The molecule has 0 bridgehead atoms. The van der Waals surface area contributed by atoms with Crippen LogP contribution in [0.25, 0.3) is 0 Å². The van der Waals surface area contributed by atoms with Crippen LogP contribution in [0.15, 0.2) is 42.5 Å². The van der Waals surface area contributed by atoms with Gasteiger partial charge < -0.3 is 15.5 Å². The zero-order valence-corrected chi connectivity index (χ0v) is 21.5. The quantitative estimate of drug-likeness (QED) is 0.393. The van der Waals surface area contributed by atoms with Gasteiger partial charge in [0, 0.05) is 41.7 Å². The van der Waals surface area contributed by atoms with Crippen molar-refractivity contribution in [3.8, 4) is 0 Å². The standard InChI is InChI=1S/C26H36FN3OS2/c1-18(12-13-33-3)29-26(31)25-14-22(28-16-23-15-24(32)17-30(23)2)11-8-20(25)7-4-19-5-9-21(27)10-6-19/h5-6,8-11,14,18,23-24,28,32H,4,7,12-13,15-17H2,1-3H3,(H,29,31)/t18-,23+,24+/m1/s1. The van der Waals surface area contributed by atoms with Crippen molar-refractivity contribution < 1.29 is 9.18 Å². The predicted octanol–water partition coefficient (Wildman–Crippen LogP) is 4.90. The Hall–Kier alpha value is -1.70. The van der Waals surface area contributed by atoms with Crippen LogP contribution in [0.4, 0.5) is 10.1 Å². The largest absolute Gasteiger partial charge is 0.383 e. The van der Waals surface area contributed by atoms with E-state index in [1.54, 1.807) is 11.8 Å². The van der Waals surface area contributed by atoms with E-state index in [9.17, 15) is 9.18 Å². The molecule has 0 aromatic heterocycles. The Morgan fingerprint density at radius 3 is 2.67 bits per heavy atom. The van der Waals surface area contributed by atoms with Crippen molar-refractivity contribution in [3.63, 3.8) is 0 Å². The van der Waals surface area contributed by atoms with Gasteiger partial charge in [0.2, 0.25) is 0 Å². The van der Waals surface area contributed by atoms with Gasteiger partial charge in [-0.1, -0.05) is 18.2 Å². The van der Waals surface area contributed by atoms with Gasteiger partial charge in [-0.2, -0.15) is 24.4 Å². The van der Waals surface area contributed by atoms with Crippen molar-refractivity contribution in [2.24, 2.45) is 0 Å². The first kappa shape index (κ1) is 25.9. The Balaban J connectivity index is 1.72. The normalized spacial score (nSPS) is 19.4. The van der Waals surface area contributed by atoms with Gasteiger partial charge in [-0.3, -0.25) is 4.79 Å². The van der Waals surface area contributed by atoms with Crippen LogP contribution in [0.1, 0.15) is 41.3 Å². The van der Waals surface area contributed by atoms with E-state index < -0.39 is 0 Å². The minimum absolute atomic E-state index is 0.0326. The van der Waals surface area contributed by atoms with Gasteiger partial charge in [0.15, 0.2) is 0 Å². The SMILES string of the molecule is CSCC[C@@H](C)NC(=O)c1cc(NC[C@@H]2C[C@H](S)CN2C)ccc1CCc1ccc(F)cc1. The number of hydrogen-bond donors (Lipinski definition) is 3. The molecule has 0 radical (unpaired) electrons. The summed E-state index contributed by atoms with van der Waals surface area (Å²) >= 11 is 6.40. The van der Waals surface area contributed by atoms with Gasteiger partial charge in [-0.05, 0) is 87.1 Å². The van der Waals surface area contributed by atoms with Gasteiger partial charge in [-0.25, -0.2) is 4.39 Å². The fourth-order valence-electron chi connectivity index (χ4n) is 4.24. The topological polar surface area (TPSA) is 44.4 Å². The summed E-state index contributed by atoms with van der Waals surface area (Å²) in [6.45, 7) is 3.88. The highest BCUT2D eigenvalue weighted by molar-refractivity contribution is 7.98. The van der Waals surface area contributed by atoms with Gasteiger partial charge in [-0.15, -0.1) is 0 Å². The monoisotopic (exact) mass is 489 g/mol. The fourth-order valence-corrected chi connectivity index (χ4v) is 5.33. The van der Waals surface area contributed by atoms with Crippen molar-refractivity contribution in [1.82, 2.24) is 10.2 Å². The van der Waals surface area contributed by atoms with E-state index in [1.807, 2.05) is 24.3 Å². The number of aryl methyl sites for hydroxylation is 2. The van der Waals surface area contributed by atoms with Gasteiger partial charge in [0.05, 0.1) is 0 Å². The third-order valence-electron chi connectivity index (χ3n) is 6.29. The summed E-state index contributed by atoms with van der Waals surface area (Å²) in [7, 11) is 2.13. The molecule has 1 fully saturated rings. The van der Waals surface area contributed by atoms with Crippen LogP contribution in [0, 0.1) is 5.82 Å². The Morgan fingerprint density at radius 1 is 1.24 bits per heavy atom. The van der Waals surface area contributed by atoms with Crippen molar-refractivity contribution in [2.45, 2.75) is 49.9 Å². The summed E-state index contributed by atoms with van der Waals surface area (Å²) in [5.41, 5.74) is 3.74. The Bertz CT molecular complexity index is 909. The molecule has 1 heterocycles. The molecule has 0 saturated carbocycles. The molecule has 3 rings (SSSR count). The maximum atomic E-state index is 13.2. The number of halogens is 1. The summed E-state index contributed by atoms with van der Waals surface area (Å²) in [6.07, 6.45) is 5.55. The van der Waals surface area contributed by atoms with E-state index >= 15 is 0 Å². The summed E-state index contributed by atoms with van der Waals surface area (Å²) in [6, 6.07) is 13.2. The molecule has 2 aromatic carbocycles. The first-order chi connectivity index (χ1) is 15.9. The molecule has 0 aliphatic carbocycles. The molecule has 2 N–H and O–H groups in total. The number of nitrogens with one attached hydrogen (secondary N) is 2. The molecule has 1 aliphatic rings. The molecule has 180 valence electrons. The highest BCUT2D eigenvalue weighted by atomic mass is 32.2. The van der Waals surface area contributed by atoms with Crippen molar-refractivity contribution in [3.05, 3.63) is 65.0 Å². The maximum absolute atomic E-state index is 13.2. The van der Waals surface area contributed by atoms with E-state index in [-0.39, 0.29) is 17.8 Å². The molecule has 1 amide bonds. The zero-order chi connectivity index (χ0) is 23.8. The molecule has 2 aromatic rings. The van der Waals surface area contributed by atoms with Crippen LogP contribution in [0.5, 0.6) is 0 Å². The van der Waals surface area contributed by atoms with E-state index in [4.69, 9.17) is 0 Å². The van der Waals surface area contributed by atoms with E-state index in [1.165, 1.54) is 12.1 Å². The molecule has 1 saturated heterocycles. The Morgan fingerprint density at radius 2 is 2.00 bits per heavy atom. The smallest absolute Gasteiger partial charge is 0.251 e. The minimum atomic E-state index is -0.231. The average Bonchev–Trinajstić information content (AvgIpc) is 3.12. The van der Waals surface area contributed by atoms with Crippen LogP contribution in [0.3, 0.4) is 0 Å². The minimum Gasteiger partial charge on any atom is -0.383 e. The third kappa shape index (κ3) is 7.94. The van der Waals surface area contributed by atoms with Crippen molar-refractivity contribution in [1.29, 1.82) is 0 Å². The summed E-state index contributed by atoms with van der Waals surface area (Å²) in [5, 5.41) is 7.11. The number of rotatable bonds is 11. The predicted molar refractivity (Wildman–Crippen MR) is 142 cm³/mol.